The Morgan fingerprint density at radius 2 is 1.93 bits per heavy atom. The molecule has 0 aliphatic heterocycles. The lowest BCUT2D eigenvalue weighted by Crippen LogP contribution is -2.14. The molecule has 1 atom stereocenters. The highest BCUT2D eigenvalue weighted by Gasteiger charge is 2.17. The summed E-state index contributed by atoms with van der Waals surface area (Å²) in [5, 5.41) is 0. The summed E-state index contributed by atoms with van der Waals surface area (Å²) in [4.78, 5) is 12.0. The van der Waals surface area contributed by atoms with E-state index in [0.29, 0.717) is 0 Å². The Kier molecular flexibility index (Phi) is 3.63. The van der Waals surface area contributed by atoms with E-state index in [9.17, 15) is 4.79 Å². The molecule has 1 rings (SSSR count). The van der Waals surface area contributed by atoms with Crippen LogP contribution in [0.3, 0.4) is 0 Å². The number of hydrogen-bond donors (Lipinski definition) is 0. The Morgan fingerprint density at radius 1 is 1.36 bits per heavy atom. The highest BCUT2D eigenvalue weighted by Crippen LogP contribution is 2.18. The van der Waals surface area contributed by atoms with E-state index in [2.05, 4.69) is 6.58 Å². The molecular weight excluding hydrogens is 172 g/mol. The van der Waals surface area contributed by atoms with E-state index >= 15 is 0 Å². The molecule has 1 nitrogen and oxygen atoms in total. The fourth-order valence-corrected chi connectivity index (χ4v) is 1.56. The first-order chi connectivity index (χ1) is 6.66. The zero-order valence-corrected chi connectivity index (χ0v) is 8.79. The topological polar surface area (TPSA) is 17.1 Å². The van der Waals surface area contributed by atoms with Gasteiger partial charge in [0.2, 0.25) is 0 Å². The largest absolute Gasteiger partial charge is 0.294 e. The Morgan fingerprint density at radius 3 is 2.36 bits per heavy atom. The Labute approximate surface area is 85.5 Å². The molecule has 0 amide bonds. The molecule has 0 aliphatic carbocycles. The highest BCUT2D eigenvalue weighted by atomic mass is 16.1. The van der Waals surface area contributed by atoms with E-state index in [1.807, 2.05) is 44.2 Å². The van der Waals surface area contributed by atoms with Gasteiger partial charge in [0.1, 0.15) is 0 Å². The van der Waals surface area contributed by atoms with Gasteiger partial charge in [0.05, 0.1) is 0 Å². The summed E-state index contributed by atoms with van der Waals surface area (Å²) in [6.45, 7) is 7.78. The van der Waals surface area contributed by atoms with Gasteiger partial charge in [-0.3, -0.25) is 4.79 Å². The molecule has 0 heterocycles. The van der Waals surface area contributed by atoms with Crippen molar-refractivity contribution in [3.63, 3.8) is 0 Å². The third-order valence-electron chi connectivity index (χ3n) is 2.38. The van der Waals surface area contributed by atoms with Crippen molar-refractivity contribution in [1.29, 1.82) is 0 Å². The van der Waals surface area contributed by atoms with Crippen LogP contribution in [0.2, 0.25) is 0 Å². The van der Waals surface area contributed by atoms with Crippen molar-refractivity contribution in [2.45, 2.75) is 20.3 Å². The predicted molar refractivity (Wildman–Crippen MR) is 59.4 cm³/mol. The zero-order valence-electron chi connectivity index (χ0n) is 8.79. The second-order valence-corrected chi connectivity index (χ2v) is 3.54. The fourth-order valence-electron chi connectivity index (χ4n) is 1.56. The molecule has 1 unspecified atom stereocenters. The molecule has 0 aliphatic rings. The van der Waals surface area contributed by atoms with Crippen molar-refractivity contribution in [3.8, 4) is 0 Å². The third kappa shape index (κ3) is 2.32. The van der Waals surface area contributed by atoms with Crippen LogP contribution in [0.15, 0.2) is 42.5 Å². The molecule has 1 aromatic rings. The molecule has 74 valence electrons. The van der Waals surface area contributed by atoms with E-state index in [1.165, 1.54) is 0 Å². The summed E-state index contributed by atoms with van der Waals surface area (Å²) >= 11 is 0. The molecule has 1 heteroatoms. The summed E-state index contributed by atoms with van der Waals surface area (Å²) in [5.74, 6) is 0.151. The molecule has 0 N–H and O–H groups in total. The van der Waals surface area contributed by atoms with Crippen LogP contribution in [0.5, 0.6) is 0 Å². The van der Waals surface area contributed by atoms with Crippen LogP contribution in [-0.2, 0) is 0 Å². The van der Waals surface area contributed by atoms with E-state index < -0.39 is 0 Å². The van der Waals surface area contributed by atoms with Crippen molar-refractivity contribution in [2.24, 2.45) is 5.92 Å². The van der Waals surface area contributed by atoms with Gasteiger partial charge in [-0.1, -0.05) is 49.4 Å². The minimum absolute atomic E-state index is 0.0302. The van der Waals surface area contributed by atoms with Crippen LogP contribution in [0.1, 0.15) is 30.6 Å². The number of allylic oxidation sites excluding steroid dienone is 1. The van der Waals surface area contributed by atoms with Gasteiger partial charge in [-0.05, 0) is 13.3 Å². The SMILES string of the molecule is C=C(C)C(CC)C(=O)c1ccccc1. The minimum Gasteiger partial charge on any atom is -0.294 e. The number of rotatable bonds is 4. The first kappa shape index (κ1) is 10.7. The van der Waals surface area contributed by atoms with Crippen molar-refractivity contribution >= 4 is 5.78 Å². The number of carbonyl (C=O) groups is 1. The fraction of sp³-hybridized carbons (Fsp3) is 0.308. The molecule has 0 radical (unpaired) electrons. The predicted octanol–water partition coefficient (Wildman–Crippen LogP) is 3.47. The van der Waals surface area contributed by atoms with Gasteiger partial charge in [0.25, 0.3) is 0 Å². The lowest BCUT2D eigenvalue weighted by molar-refractivity contribution is 0.0937. The number of hydrogen-bond acceptors (Lipinski definition) is 1. The van der Waals surface area contributed by atoms with Crippen LogP contribution >= 0.6 is 0 Å². The molecule has 14 heavy (non-hydrogen) atoms. The highest BCUT2D eigenvalue weighted by molar-refractivity contribution is 5.99. The van der Waals surface area contributed by atoms with Gasteiger partial charge in [-0.2, -0.15) is 0 Å². The zero-order chi connectivity index (χ0) is 10.6. The summed E-state index contributed by atoms with van der Waals surface area (Å²) in [6.07, 6.45) is 0.822. The molecule has 1 aromatic carbocycles. The first-order valence-corrected chi connectivity index (χ1v) is 4.91. The van der Waals surface area contributed by atoms with Gasteiger partial charge in [-0.25, -0.2) is 0 Å². The lowest BCUT2D eigenvalue weighted by Gasteiger charge is -2.13. The normalized spacial score (nSPS) is 12.1. The molecule has 0 saturated heterocycles. The maximum absolute atomic E-state index is 12.0. The van der Waals surface area contributed by atoms with Crippen molar-refractivity contribution < 1.29 is 4.79 Å². The van der Waals surface area contributed by atoms with Crippen LogP contribution in [0.25, 0.3) is 0 Å². The summed E-state index contributed by atoms with van der Waals surface area (Å²) < 4.78 is 0. The molecule has 0 fully saturated rings. The molecule has 0 bridgehead atoms. The summed E-state index contributed by atoms with van der Waals surface area (Å²) in [5.41, 5.74) is 1.73. The smallest absolute Gasteiger partial charge is 0.169 e. The minimum atomic E-state index is -0.0302. The van der Waals surface area contributed by atoms with Gasteiger partial charge in [0.15, 0.2) is 5.78 Å². The molecule has 0 spiro atoms. The van der Waals surface area contributed by atoms with Crippen molar-refractivity contribution in [3.05, 3.63) is 48.0 Å². The van der Waals surface area contributed by atoms with E-state index in [-0.39, 0.29) is 11.7 Å². The average Bonchev–Trinajstić information content (AvgIpc) is 2.19. The second-order valence-electron chi connectivity index (χ2n) is 3.54. The van der Waals surface area contributed by atoms with Crippen LogP contribution in [-0.4, -0.2) is 5.78 Å². The Hall–Kier alpha value is -1.37. The van der Waals surface area contributed by atoms with E-state index in [1.54, 1.807) is 0 Å². The summed E-state index contributed by atoms with van der Waals surface area (Å²) in [7, 11) is 0. The Bertz CT molecular complexity index is 324. The maximum Gasteiger partial charge on any atom is 0.169 e. The lowest BCUT2D eigenvalue weighted by atomic mass is 9.90. The molecule has 0 aromatic heterocycles. The number of Topliss-reactive ketones (excluding diaryl/α,β-unsaturated/α-hetero) is 1. The Balaban J connectivity index is 2.89. The number of ketones is 1. The van der Waals surface area contributed by atoms with Crippen molar-refractivity contribution in [1.82, 2.24) is 0 Å². The van der Waals surface area contributed by atoms with Crippen LogP contribution < -0.4 is 0 Å². The quantitative estimate of drug-likeness (QED) is 0.522. The third-order valence-corrected chi connectivity index (χ3v) is 2.38. The van der Waals surface area contributed by atoms with Crippen LogP contribution in [0.4, 0.5) is 0 Å². The van der Waals surface area contributed by atoms with E-state index in [0.717, 1.165) is 17.6 Å². The monoisotopic (exact) mass is 188 g/mol. The average molecular weight is 188 g/mol. The van der Waals surface area contributed by atoms with Gasteiger partial charge >= 0.3 is 0 Å². The second kappa shape index (κ2) is 4.75. The standard InChI is InChI=1S/C13H16O/c1-4-12(10(2)3)13(14)11-8-6-5-7-9-11/h5-9,12H,2,4H2,1,3H3. The van der Waals surface area contributed by atoms with Gasteiger partial charge in [-0.15, -0.1) is 0 Å². The number of benzene rings is 1. The van der Waals surface area contributed by atoms with Crippen LogP contribution in [0, 0.1) is 5.92 Å². The number of carbonyl (C=O) groups excluding carboxylic acids is 1. The van der Waals surface area contributed by atoms with Crippen molar-refractivity contribution in [2.75, 3.05) is 0 Å². The molecular formula is C13H16O. The van der Waals surface area contributed by atoms with E-state index in [4.69, 9.17) is 0 Å². The summed E-state index contributed by atoms with van der Waals surface area (Å²) in [6, 6.07) is 9.40. The molecule has 0 saturated carbocycles. The maximum atomic E-state index is 12.0. The van der Waals surface area contributed by atoms with Gasteiger partial charge in [0, 0.05) is 11.5 Å². The van der Waals surface area contributed by atoms with Gasteiger partial charge < -0.3 is 0 Å². The first-order valence-electron chi connectivity index (χ1n) is 4.91.